The Morgan fingerprint density at radius 3 is 2.53 bits per heavy atom. The third-order valence-electron chi connectivity index (χ3n) is 5.08. The molecule has 3 aromatic carbocycles. The zero-order valence-electron chi connectivity index (χ0n) is 18.9. The van der Waals surface area contributed by atoms with Gasteiger partial charge in [-0.25, -0.2) is 22.8 Å². The van der Waals surface area contributed by atoms with Crippen molar-refractivity contribution < 1.29 is 30.1 Å². The van der Waals surface area contributed by atoms with Crippen LogP contribution in [0.25, 0.3) is 22.2 Å². The Labute approximate surface area is 212 Å². The SMILES string of the molecule is CS(=O)(=O)OCCCS(=O)(=O)c1ccccc1Oc1ccc(F)c(-c2ncnc3c(Cl)cccc23)c1. The van der Waals surface area contributed by atoms with Crippen LogP contribution in [0.3, 0.4) is 0 Å². The van der Waals surface area contributed by atoms with Crippen molar-refractivity contribution in [1.29, 1.82) is 0 Å². The van der Waals surface area contributed by atoms with Gasteiger partial charge in [-0.2, -0.15) is 8.42 Å². The molecule has 188 valence electrons. The first-order chi connectivity index (χ1) is 17.0. The molecule has 4 rings (SSSR count). The number of para-hydroxylation sites is 2. The molecule has 0 spiro atoms. The van der Waals surface area contributed by atoms with E-state index in [1.165, 1.54) is 36.7 Å². The molecule has 0 aliphatic rings. The number of nitrogens with zero attached hydrogens (tertiary/aromatic N) is 2. The summed E-state index contributed by atoms with van der Waals surface area (Å²) >= 11 is 6.22. The smallest absolute Gasteiger partial charge is 0.264 e. The Kier molecular flexibility index (Phi) is 7.55. The Morgan fingerprint density at radius 1 is 0.972 bits per heavy atom. The molecule has 0 N–H and O–H groups in total. The molecule has 0 aliphatic heterocycles. The summed E-state index contributed by atoms with van der Waals surface area (Å²) < 4.78 is 73.3. The van der Waals surface area contributed by atoms with Crippen LogP contribution in [0.2, 0.25) is 5.02 Å². The number of aromatic nitrogens is 2. The normalized spacial score (nSPS) is 12.1. The highest BCUT2D eigenvalue weighted by atomic mass is 35.5. The van der Waals surface area contributed by atoms with Crippen molar-refractivity contribution in [2.45, 2.75) is 11.3 Å². The van der Waals surface area contributed by atoms with E-state index in [9.17, 15) is 21.2 Å². The second kappa shape index (κ2) is 10.5. The number of ether oxygens (including phenoxy) is 1. The Balaban J connectivity index is 1.64. The maximum atomic E-state index is 14.8. The van der Waals surface area contributed by atoms with Gasteiger partial charge in [0.05, 0.1) is 34.8 Å². The minimum Gasteiger partial charge on any atom is -0.456 e. The average Bonchev–Trinajstić information content (AvgIpc) is 2.83. The number of hydrogen-bond acceptors (Lipinski definition) is 8. The van der Waals surface area contributed by atoms with Gasteiger partial charge in [0, 0.05) is 10.9 Å². The van der Waals surface area contributed by atoms with Gasteiger partial charge in [-0.05, 0) is 42.8 Å². The molecule has 0 fully saturated rings. The first-order valence-corrected chi connectivity index (χ1v) is 14.4. The second-order valence-corrected chi connectivity index (χ2v) is 11.9. The van der Waals surface area contributed by atoms with Crippen LogP contribution in [-0.4, -0.2) is 45.4 Å². The predicted octanol–water partition coefficient (Wildman–Crippen LogP) is 5.02. The van der Waals surface area contributed by atoms with E-state index >= 15 is 0 Å². The maximum absolute atomic E-state index is 14.8. The van der Waals surface area contributed by atoms with Gasteiger partial charge in [0.15, 0.2) is 9.84 Å². The topological polar surface area (TPSA) is 113 Å². The third kappa shape index (κ3) is 5.98. The Morgan fingerprint density at radius 2 is 1.75 bits per heavy atom. The van der Waals surface area contributed by atoms with Crippen LogP contribution in [-0.2, 0) is 24.1 Å². The van der Waals surface area contributed by atoms with Crippen LogP contribution in [0.4, 0.5) is 4.39 Å². The predicted molar refractivity (Wildman–Crippen MR) is 134 cm³/mol. The van der Waals surface area contributed by atoms with Crippen molar-refractivity contribution in [3.8, 4) is 22.8 Å². The standard InChI is InChI=1S/C24H20ClFN2O6S2/c1-35(29,30)33-12-5-13-36(31,32)22-9-3-2-8-21(22)34-16-10-11-20(26)18(14-16)23-17-6-4-7-19(25)24(17)28-15-27-23/h2-4,6-11,14-15H,5,12-13H2,1H3. The van der Waals surface area contributed by atoms with E-state index < -0.39 is 25.8 Å². The number of rotatable bonds is 9. The van der Waals surface area contributed by atoms with E-state index in [0.29, 0.717) is 21.6 Å². The van der Waals surface area contributed by atoms with E-state index in [2.05, 4.69) is 14.2 Å². The second-order valence-electron chi connectivity index (χ2n) is 7.75. The number of fused-ring (bicyclic) bond motifs is 1. The van der Waals surface area contributed by atoms with Crippen LogP contribution in [0, 0.1) is 5.82 Å². The van der Waals surface area contributed by atoms with Crippen LogP contribution < -0.4 is 4.74 Å². The molecule has 4 aromatic rings. The summed E-state index contributed by atoms with van der Waals surface area (Å²) in [7, 11) is -7.51. The quantitative estimate of drug-likeness (QED) is 0.211. The fourth-order valence-corrected chi connectivity index (χ4v) is 5.57. The molecule has 0 radical (unpaired) electrons. The van der Waals surface area contributed by atoms with Crippen molar-refractivity contribution >= 4 is 42.5 Å². The molecule has 36 heavy (non-hydrogen) atoms. The molecular weight excluding hydrogens is 531 g/mol. The number of hydrogen-bond donors (Lipinski definition) is 0. The molecule has 0 atom stereocenters. The summed E-state index contributed by atoms with van der Waals surface area (Å²) in [5.41, 5.74) is 0.892. The zero-order valence-corrected chi connectivity index (χ0v) is 21.3. The van der Waals surface area contributed by atoms with Crippen molar-refractivity contribution in [1.82, 2.24) is 9.97 Å². The molecule has 0 unspecified atom stereocenters. The van der Waals surface area contributed by atoms with Gasteiger partial charge in [0.1, 0.15) is 28.5 Å². The lowest BCUT2D eigenvalue weighted by atomic mass is 10.1. The summed E-state index contributed by atoms with van der Waals surface area (Å²) in [5.74, 6) is -0.697. The highest BCUT2D eigenvalue weighted by Gasteiger charge is 2.21. The fourth-order valence-electron chi connectivity index (χ4n) is 3.50. The van der Waals surface area contributed by atoms with Gasteiger partial charge in [-0.3, -0.25) is 4.18 Å². The van der Waals surface area contributed by atoms with Gasteiger partial charge in [-0.15, -0.1) is 0 Å². The minimum absolute atomic E-state index is 0.0339. The number of benzene rings is 3. The highest BCUT2D eigenvalue weighted by Crippen LogP contribution is 2.35. The lowest BCUT2D eigenvalue weighted by Crippen LogP contribution is -2.12. The van der Waals surface area contributed by atoms with Crippen LogP contribution >= 0.6 is 11.6 Å². The molecule has 0 saturated carbocycles. The molecular formula is C24H20ClFN2O6S2. The fraction of sp³-hybridized carbons (Fsp3) is 0.167. The Hall–Kier alpha value is -3.12. The molecule has 0 saturated heterocycles. The summed E-state index contributed by atoms with van der Waals surface area (Å²) in [5, 5.41) is 0.936. The van der Waals surface area contributed by atoms with Gasteiger partial charge in [0.2, 0.25) is 0 Å². The summed E-state index contributed by atoms with van der Waals surface area (Å²) in [4.78, 5) is 8.30. The van der Waals surface area contributed by atoms with E-state index in [1.807, 2.05) is 0 Å². The van der Waals surface area contributed by atoms with Crippen molar-refractivity contribution in [3.63, 3.8) is 0 Å². The molecule has 8 nitrogen and oxygen atoms in total. The molecule has 0 bridgehead atoms. The van der Waals surface area contributed by atoms with E-state index in [-0.39, 0.29) is 40.7 Å². The summed E-state index contributed by atoms with van der Waals surface area (Å²) in [6.45, 7) is -0.265. The Bertz CT molecular complexity index is 1650. The molecule has 1 aromatic heterocycles. The molecule has 12 heteroatoms. The molecule has 1 heterocycles. The molecule has 0 amide bonds. The summed E-state index contributed by atoms with van der Waals surface area (Å²) in [6, 6.07) is 15.1. The van der Waals surface area contributed by atoms with E-state index in [0.717, 1.165) is 6.26 Å². The van der Waals surface area contributed by atoms with Gasteiger partial charge >= 0.3 is 0 Å². The van der Waals surface area contributed by atoms with Gasteiger partial charge in [-0.1, -0.05) is 35.9 Å². The van der Waals surface area contributed by atoms with Crippen molar-refractivity contribution in [3.05, 3.63) is 77.8 Å². The maximum Gasteiger partial charge on any atom is 0.264 e. The van der Waals surface area contributed by atoms with Gasteiger partial charge < -0.3 is 4.74 Å². The van der Waals surface area contributed by atoms with E-state index in [4.69, 9.17) is 16.3 Å². The number of halogens is 2. The highest BCUT2D eigenvalue weighted by molar-refractivity contribution is 7.91. The third-order valence-corrected chi connectivity index (χ3v) is 7.81. The van der Waals surface area contributed by atoms with E-state index in [1.54, 1.807) is 30.3 Å². The zero-order chi connectivity index (χ0) is 25.9. The van der Waals surface area contributed by atoms with Crippen LogP contribution in [0.1, 0.15) is 6.42 Å². The lowest BCUT2D eigenvalue weighted by Gasteiger charge is -2.13. The molecule has 0 aliphatic carbocycles. The minimum atomic E-state index is -3.84. The number of sulfone groups is 1. The summed E-state index contributed by atoms with van der Waals surface area (Å²) in [6.07, 6.45) is 2.14. The average molecular weight is 551 g/mol. The lowest BCUT2D eigenvalue weighted by molar-refractivity contribution is 0.322. The van der Waals surface area contributed by atoms with Crippen molar-refractivity contribution in [2.24, 2.45) is 0 Å². The van der Waals surface area contributed by atoms with Gasteiger partial charge in [0.25, 0.3) is 10.1 Å². The van der Waals surface area contributed by atoms with Crippen LogP contribution in [0.5, 0.6) is 11.5 Å². The van der Waals surface area contributed by atoms with Crippen molar-refractivity contribution in [2.75, 3.05) is 18.6 Å². The first kappa shape index (κ1) is 26.0. The first-order valence-electron chi connectivity index (χ1n) is 10.6. The largest absolute Gasteiger partial charge is 0.456 e. The monoisotopic (exact) mass is 550 g/mol. The van der Waals surface area contributed by atoms with Crippen LogP contribution in [0.15, 0.2) is 71.9 Å².